The third kappa shape index (κ3) is 4.12. The maximum atomic E-state index is 3.73. The number of nitrogens with one attached hydrogen (secondary N) is 1. The fourth-order valence-corrected chi connectivity index (χ4v) is 2.30. The second kappa shape index (κ2) is 5.86. The van der Waals surface area contributed by atoms with Crippen LogP contribution in [0.25, 0.3) is 0 Å². The molecule has 0 saturated carbocycles. The Morgan fingerprint density at radius 2 is 1.73 bits per heavy atom. The summed E-state index contributed by atoms with van der Waals surface area (Å²) in [7, 11) is 2.23. The van der Waals surface area contributed by atoms with E-state index < -0.39 is 0 Å². The summed E-state index contributed by atoms with van der Waals surface area (Å²) >= 11 is 0. The molecule has 1 N–H and O–H groups in total. The molecule has 0 atom stereocenters. The highest BCUT2D eigenvalue weighted by atomic mass is 15.1. The lowest BCUT2D eigenvalue weighted by Gasteiger charge is -2.39. The molecule has 0 aromatic rings. The molecule has 0 bridgehead atoms. The fraction of sp³-hybridized carbons (Fsp3) is 1.00. The molecule has 0 spiro atoms. The molecule has 1 aliphatic rings. The third-order valence-corrected chi connectivity index (χ3v) is 4.00. The Morgan fingerprint density at radius 1 is 1.20 bits per heavy atom. The molecule has 1 aliphatic heterocycles. The van der Waals surface area contributed by atoms with Crippen LogP contribution >= 0.6 is 0 Å². The molecule has 1 rings (SSSR count). The molecule has 2 nitrogen and oxygen atoms in total. The average molecular weight is 212 g/mol. The van der Waals surface area contributed by atoms with Gasteiger partial charge in [0.15, 0.2) is 0 Å². The number of likely N-dealkylation sites (tertiary alicyclic amines) is 1. The van der Waals surface area contributed by atoms with Gasteiger partial charge in [-0.15, -0.1) is 0 Å². The topological polar surface area (TPSA) is 15.3 Å². The van der Waals surface area contributed by atoms with Gasteiger partial charge in [0, 0.05) is 12.6 Å². The Hall–Kier alpha value is -0.0800. The van der Waals surface area contributed by atoms with E-state index in [1.165, 1.54) is 45.3 Å². The number of piperidine rings is 1. The lowest BCUT2D eigenvalue weighted by Crippen LogP contribution is -2.44. The molecule has 90 valence electrons. The number of nitrogens with zero attached hydrogens (tertiary/aromatic N) is 1. The molecule has 0 aliphatic carbocycles. The van der Waals surface area contributed by atoms with Gasteiger partial charge in [-0.25, -0.2) is 0 Å². The van der Waals surface area contributed by atoms with Crippen LogP contribution in [0.1, 0.15) is 46.5 Å². The number of rotatable bonds is 5. The van der Waals surface area contributed by atoms with E-state index in [1.807, 2.05) is 0 Å². The molecule has 15 heavy (non-hydrogen) atoms. The molecule has 0 amide bonds. The van der Waals surface area contributed by atoms with Gasteiger partial charge in [0.25, 0.3) is 0 Å². The largest absolute Gasteiger partial charge is 0.313 e. The zero-order valence-corrected chi connectivity index (χ0v) is 11.0. The van der Waals surface area contributed by atoms with Crippen molar-refractivity contribution >= 4 is 0 Å². The van der Waals surface area contributed by atoms with Crippen LogP contribution in [0.3, 0.4) is 0 Å². The van der Waals surface area contributed by atoms with E-state index in [0.717, 1.165) is 6.04 Å². The van der Waals surface area contributed by atoms with E-state index >= 15 is 0 Å². The maximum absolute atomic E-state index is 3.73. The molecule has 1 fully saturated rings. The summed E-state index contributed by atoms with van der Waals surface area (Å²) in [5.41, 5.74) is 0.537. The van der Waals surface area contributed by atoms with Gasteiger partial charge >= 0.3 is 0 Å². The Bertz CT molecular complexity index is 167. The molecule has 0 radical (unpaired) electrons. The van der Waals surface area contributed by atoms with Crippen LogP contribution in [0.4, 0.5) is 0 Å². The SMILES string of the molecule is CCC(CC)NCC1(C)CCN(C)CC1. The first-order chi connectivity index (χ1) is 7.09. The Kier molecular flexibility index (Phi) is 5.07. The first-order valence-electron chi connectivity index (χ1n) is 6.51. The second-order valence-electron chi connectivity index (χ2n) is 5.51. The van der Waals surface area contributed by atoms with E-state index in [0.29, 0.717) is 5.41 Å². The summed E-state index contributed by atoms with van der Waals surface area (Å²) in [4.78, 5) is 2.44. The normalized spacial score (nSPS) is 22.2. The van der Waals surface area contributed by atoms with E-state index in [4.69, 9.17) is 0 Å². The molecule has 1 heterocycles. The van der Waals surface area contributed by atoms with Crippen molar-refractivity contribution in [3.8, 4) is 0 Å². The van der Waals surface area contributed by atoms with Gasteiger partial charge in [0.2, 0.25) is 0 Å². The standard InChI is InChI=1S/C13H28N2/c1-5-12(6-2)14-11-13(3)7-9-15(4)10-8-13/h12,14H,5-11H2,1-4H3. The fourth-order valence-electron chi connectivity index (χ4n) is 2.30. The molecule has 0 aromatic carbocycles. The molecular weight excluding hydrogens is 184 g/mol. The molecule has 0 unspecified atom stereocenters. The first-order valence-corrected chi connectivity index (χ1v) is 6.51. The minimum atomic E-state index is 0.537. The minimum absolute atomic E-state index is 0.537. The van der Waals surface area contributed by atoms with Crippen LogP contribution < -0.4 is 5.32 Å². The van der Waals surface area contributed by atoms with Crippen LogP contribution in [-0.4, -0.2) is 37.6 Å². The van der Waals surface area contributed by atoms with Gasteiger partial charge in [-0.1, -0.05) is 20.8 Å². The predicted octanol–water partition coefficient (Wildman–Crippen LogP) is 2.50. The highest BCUT2D eigenvalue weighted by molar-refractivity contribution is 4.84. The number of hydrogen-bond acceptors (Lipinski definition) is 2. The van der Waals surface area contributed by atoms with Crippen LogP contribution in [0, 0.1) is 5.41 Å². The minimum Gasteiger partial charge on any atom is -0.313 e. The van der Waals surface area contributed by atoms with Crippen molar-refractivity contribution in [2.75, 3.05) is 26.7 Å². The smallest absolute Gasteiger partial charge is 0.00620 e. The van der Waals surface area contributed by atoms with Gasteiger partial charge in [0.05, 0.1) is 0 Å². The van der Waals surface area contributed by atoms with Crippen molar-refractivity contribution < 1.29 is 0 Å². The highest BCUT2D eigenvalue weighted by Gasteiger charge is 2.28. The summed E-state index contributed by atoms with van der Waals surface area (Å²) < 4.78 is 0. The van der Waals surface area contributed by atoms with Crippen molar-refractivity contribution in [1.29, 1.82) is 0 Å². The van der Waals surface area contributed by atoms with Crippen molar-refractivity contribution in [2.45, 2.75) is 52.5 Å². The van der Waals surface area contributed by atoms with E-state index in [1.54, 1.807) is 0 Å². The average Bonchev–Trinajstić information content (AvgIpc) is 2.25. The summed E-state index contributed by atoms with van der Waals surface area (Å²) in [6.45, 7) is 10.7. The van der Waals surface area contributed by atoms with Gasteiger partial charge in [-0.2, -0.15) is 0 Å². The van der Waals surface area contributed by atoms with Crippen molar-refractivity contribution in [2.24, 2.45) is 5.41 Å². The highest BCUT2D eigenvalue weighted by Crippen LogP contribution is 2.29. The van der Waals surface area contributed by atoms with E-state index in [-0.39, 0.29) is 0 Å². The van der Waals surface area contributed by atoms with Crippen LogP contribution in [-0.2, 0) is 0 Å². The third-order valence-electron chi connectivity index (χ3n) is 4.00. The predicted molar refractivity (Wildman–Crippen MR) is 67.2 cm³/mol. The van der Waals surface area contributed by atoms with Gasteiger partial charge < -0.3 is 10.2 Å². The van der Waals surface area contributed by atoms with E-state index in [9.17, 15) is 0 Å². The van der Waals surface area contributed by atoms with Gasteiger partial charge in [0.1, 0.15) is 0 Å². The lowest BCUT2D eigenvalue weighted by atomic mass is 9.80. The maximum Gasteiger partial charge on any atom is 0.00620 e. The molecule has 2 heteroatoms. The van der Waals surface area contributed by atoms with Crippen molar-refractivity contribution in [1.82, 2.24) is 10.2 Å². The molecule has 0 aromatic heterocycles. The number of hydrogen-bond donors (Lipinski definition) is 1. The summed E-state index contributed by atoms with van der Waals surface area (Å²) in [6.07, 6.45) is 5.20. The molecular formula is C13H28N2. The lowest BCUT2D eigenvalue weighted by molar-refractivity contribution is 0.133. The van der Waals surface area contributed by atoms with Gasteiger partial charge in [-0.05, 0) is 51.2 Å². The summed E-state index contributed by atoms with van der Waals surface area (Å²) in [6, 6.07) is 0.724. The van der Waals surface area contributed by atoms with E-state index in [2.05, 4.69) is 38.0 Å². The quantitative estimate of drug-likeness (QED) is 0.753. The van der Waals surface area contributed by atoms with Crippen LogP contribution in [0.2, 0.25) is 0 Å². The van der Waals surface area contributed by atoms with Gasteiger partial charge in [-0.3, -0.25) is 0 Å². The van der Waals surface area contributed by atoms with Crippen molar-refractivity contribution in [3.05, 3.63) is 0 Å². The zero-order chi connectivity index (χ0) is 11.3. The second-order valence-corrected chi connectivity index (χ2v) is 5.51. The Morgan fingerprint density at radius 3 is 2.20 bits per heavy atom. The summed E-state index contributed by atoms with van der Waals surface area (Å²) in [5, 5.41) is 3.73. The Labute approximate surface area is 95.4 Å². The van der Waals surface area contributed by atoms with Crippen LogP contribution in [0.15, 0.2) is 0 Å². The summed E-state index contributed by atoms with van der Waals surface area (Å²) in [5.74, 6) is 0. The monoisotopic (exact) mass is 212 g/mol. The van der Waals surface area contributed by atoms with Crippen molar-refractivity contribution in [3.63, 3.8) is 0 Å². The zero-order valence-electron chi connectivity index (χ0n) is 11.0. The van der Waals surface area contributed by atoms with Crippen LogP contribution in [0.5, 0.6) is 0 Å². The Balaban J connectivity index is 2.30. The molecule has 1 saturated heterocycles. The first kappa shape index (κ1) is 13.0.